The summed E-state index contributed by atoms with van der Waals surface area (Å²) in [6, 6.07) is 23.9. The fourth-order valence-electron chi connectivity index (χ4n) is 3.92. The van der Waals surface area contributed by atoms with Crippen molar-refractivity contribution in [2.45, 2.75) is 11.1 Å². The summed E-state index contributed by atoms with van der Waals surface area (Å²) >= 11 is 9.95. The third-order valence-corrected chi connectivity index (χ3v) is 8.98. The van der Waals surface area contributed by atoms with Gasteiger partial charge in [0.15, 0.2) is 6.61 Å². The van der Waals surface area contributed by atoms with Crippen LogP contribution in [0.15, 0.2) is 84.1 Å². The second kappa shape index (κ2) is 11.2. The molecule has 0 atom stereocenters. The Bertz CT molecular complexity index is 1330. The molecule has 5 rings (SSSR count). The zero-order valence-corrected chi connectivity index (χ0v) is 21.3. The molecule has 1 aliphatic rings. The minimum atomic E-state index is -0.308. The van der Waals surface area contributed by atoms with Crippen molar-refractivity contribution in [1.29, 1.82) is 0 Å². The minimum Gasteiger partial charge on any atom is -0.484 e. The number of thioether (sulfide) groups is 2. The molecule has 3 aromatic carbocycles. The van der Waals surface area contributed by atoms with Crippen molar-refractivity contribution in [2.75, 3.05) is 18.1 Å². The van der Waals surface area contributed by atoms with E-state index in [9.17, 15) is 4.79 Å². The molecule has 1 aliphatic heterocycles. The Hall–Kier alpha value is -2.87. The number of fused-ring (bicyclic) bond motifs is 1. The summed E-state index contributed by atoms with van der Waals surface area (Å²) in [5, 5.41) is 5.95. The van der Waals surface area contributed by atoms with Gasteiger partial charge in [0.2, 0.25) is 0 Å². The van der Waals surface area contributed by atoms with Crippen LogP contribution in [-0.2, 0) is 11.3 Å². The molecule has 0 unspecified atom stereocenters. The quantitative estimate of drug-likeness (QED) is 0.217. The molecular formula is C27H24ClN3O2S2. The van der Waals surface area contributed by atoms with Crippen LogP contribution in [-0.4, -0.2) is 34.8 Å². The number of hydrazone groups is 1. The molecule has 4 aromatic rings. The zero-order chi connectivity index (χ0) is 24.0. The maximum absolute atomic E-state index is 12.2. The maximum Gasteiger partial charge on any atom is 0.277 e. The molecule has 5 nitrogen and oxygen atoms in total. The van der Waals surface area contributed by atoms with Gasteiger partial charge in [0.1, 0.15) is 5.75 Å². The highest BCUT2D eigenvalue weighted by atomic mass is 35.5. The lowest BCUT2D eigenvalue weighted by Crippen LogP contribution is -2.24. The van der Waals surface area contributed by atoms with E-state index >= 15 is 0 Å². The van der Waals surface area contributed by atoms with Crippen molar-refractivity contribution in [1.82, 2.24) is 9.99 Å². The number of amides is 1. The van der Waals surface area contributed by atoms with Gasteiger partial charge in [-0.3, -0.25) is 4.79 Å². The van der Waals surface area contributed by atoms with Gasteiger partial charge in [0.25, 0.3) is 5.91 Å². The van der Waals surface area contributed by atoms with Crippen molar-refractivity contribution in [3.8, 4) is 5.75 Å². The van der Waals surface area contributed by atoms with Crippen LogP contribution in [0.1, 0.15) is 21.3 Å². The highest BCUT2D eigenvalue weighted by Gasteiger charge is 2.18. The molecule has 0 spiro atoms. The molecule has 35 heavy (non-hydrogen) atoms. The maximum atomic E-state index is 12.2. The first-order valence-corrected chi connectivity index (χ1v) is 13.7. The van der Waals surface area contributed by atoms with Gasteiger partial charge in [-0.15, -0.1) is 23.5 Å². The first kappa shape index (κ1) is 23.9. The summed E-state index contributed by atoms with van der Waals surface area (Å²) in [5.41, 5.74) is 7.02. The molecular weight excluding hydrogens is 498 g/mol. The molecule has 2 heterocycles. The predicted octanol–water partition coefficient (Wildman–Crippen LogP) is 6.35. The molecule has 1 saturated heterocycles. The second-order valence-electron chi connectivity index (χ2n) is 8.08. The summed E-state index contributed by atoms with van der Waals surface area (Å²) in [6.07, 6.45) is 3.71. The van der Waals surface area contributed by atoms with E-state index in [1.807, 2.05) is 84.3 Å². The molecule has 178 valence electrons. The Morgan fingerprint density at radius 2 is 1.80 bits per heavy atom. The van der Waals surface area contributed by atoms with Crippen LogP contribution < -0.4 is 10.2 Å². The average molecular weight is 522 g/mol. The number of carbonyl (C=O) groups excluding carboxylic acids is 1. The van der Waals surface area contributed by atoms with Crippen LogP contribution in [0.4, 0.5) is 0 Å². The summed E-state index contributed by atoms with van der Waals surface area (Å²) in [7, 11) is 0. The number of hydrogen-bond acceptors (Lipinski definition) is 5. The van der Waals surface area contributed by atoms with Crippen molar-refractivity contribution in [2.24, 2.45) is 5.10 Å². The second-order valence-corrected chi connectivity index (χ2v) is 11.2. The van der Waals surface area contributed by atoms with Crippen molar-refractivity contribution in [3.05, 3.63) is 101 Å². The smallest absolute Gasteiger partial charge is 0.277 e. The SMILES string of the molecule is O=C(COc1ccc(C2SCCS2)cc1)N/N=C\c1cn(Cc2ccc(Cl)cc2)c2ccccc12. The number of nitrogens with zero attached hydrogens (tertiary/aromatic N) is 2. The largest absolute Gasteiger partial charge is 0.484 e. The lowest BCUT2D eigenvalue weighted by Gasteiger charge is -2.10. The fraction of sp³-hybridized carbons (Fsp3) is 0.185. The van der Waals surface area contributed by atoms with E-state index in [4.69, 9.17) is 16.3 Å². The van der Waals surface area contributed by atoms with Crippen LogP contribution in [0.2, 0.25) is 5.02 Å². The number of benzene rings is 3. The summed E-state index contributed by atoms with van der Waals surface area (Å²) in [6.45, 7) is 0.616. The summed E-state index contributed by atoms with van der Waals surface area (Å²) in [4.78, 5) is 12.2. The van der Waals surface area contributed by atoms with Crippen LogP contribution in [0.3, 0.4) is 0 Å². The monoisotopic (exact) mass is 521 g/mol. The molecule has 0 bridgehead atoms. The number of rotatable bonds is 8. The van der Waals surface area contributed by atoms with Gasteiger partial charge in [-0.05, 0) is 41.5 Å². The van der Waals surface area contributed by atoms with E-state index in [0.29, 0.717) is 16.9 Å². The van der Waals surface area contributed by atoms with E-state index in [2.05, 4.69) is 33.3 Å². The van der Waals surface area contributed by atoms with E-state index in [1.165, 1.54) is 17.1 Å². The fourth-order valence-corrected chi connectivity index (χ4v) is 6.91. The first-order valence-electron chi connectivity index (χ1n) is 11.3. The number of carbonyl (C=O) groups is 1. The number of ether oxygens (including phenoxy) is 1. The molecule has 1 N–H and O–H groups in total. The number of nitrogens with one attached hydrogen (secondary N) is 1. The van der Waals surface area contributed by atoms with Crippen molar-refractivity contribution >= 4 is 58.1 Å². The lowest BCUT2D eigenvalue weighted by molar-refractivity contribution is -0.123. The van der Waals surface area contributed by atoms with Crippen LogP contribution in [0.5, 0.6) is 5.75 Å². The number of halogens is 1. The van der Waals surface area contributed by atoms with Gasteiger partial charge < -0.3 is 9.30 Å². The Balaban J connectivity index is 1.19. The minimum absolute atomic E-state index is 0.0953. The topological polar surface area (TPSA) is 55.6 Å². The Labute approximate surface area is 217 Å². The van der Waals surface area contributed by atoms with E-state index in [-0.39, 0.29) is 12.5 Å². The molecule has 0 radical (unpaired) electrons. The van der Waals surface area contributed by atoms with Crippen molar-refractivity contribution < 1.29 is 9.53 Å². The Kier molecular flexibility index (Phi) is 7.66. The van der Waals surface area contributed by atoms with Gasteiger partial charge in [-0.1, -0.05) is 54.1 Å². The summed E-state index contributed by atoms with van der Waals surface area (Å²) in [5.74, 6) is 2.75. The van der Waals surface area contributed by atoms with Crippen LogP contribution in [0.25, 0.3) is 10.9 Å². The van der Waals surface area contributed by atoms with E-state index in [0.717, 1.165) is 27.1 Å². The molecule has 0 saturated carbocycles. The van der Waals surface area contributed by atoms with Gasteiger partial charge >= 0.3 is 0 Å². The number of aromatic nitrogens is 1. The van der Waals surface area contributed by atoms with Gasteiger partial charge in [-0.2, -0.15) is 5.10 Å². The normalized spacial score (nSPS) is 14.1. The standard InChI is InChI=1S/C27H24ClN3O2S2/c28-22-9-5-19(6-10-22)16-31-17-21(24-3-1-2-4-25(24)31)15-29-30-26(32)18-33-23-11-7-20(8-12-23)27-34-13-14-35-27/h1-12,15,17,27H,13-14,16,18H2,(H,30,32)/b29-15-. The Morgan fingerprint density at radius 3 is 2.57 bits per heavy atom. The molecule has 0 aliphatic carbocycles. The van der Waals surface area contributed by atoms with E-state index < -0.39 is 0 Å². The zero-order valence-electron chi connectivity index (χ0n) is 18.9. The average Bonchev–Trinajstić information content (AvgIpc) is 3.54. The van der Waals surface area contributed by atoms with Gasteiger partial charge in [0, 0.05) is 45.7 Å². The molecule has 1 fully saturated rings. The molecule has 1 amide bonds. The highest BCUT2D eigenvalue weighted by Crippen LogP contribution is 2.45. The summed E-state index contributed by atoms with van der Waals surface area (Å²) < 4.78 is 8.29. The third-order valence-electron chi connectivity index (χ3n) is 5.62. The predicted molar refractivity (Wildman–Crippen MR) is 148 cm³/mol. The molecule has 8 heteroatoms. The van der Waals surface area contributed by atoms with E-state index in [1.54, 1.807) is 6.21 Å². The van der Waals surface area contributed by atoms with Gasteiger partial charge in [-0.25, -0.2) is 5.43 Å². The van der Waals surface area contributed by atoms with Crippen LogP contribution in [0, 0.1) is 0 Å². The number of hydrogen-bond donors (Lipinski definition) is 1. The van der Waals surface area contributed by atoms with Crippen molar-refractivity contribution in [3.63, 3.8) is 0 Å². The van der Waals surface area contributed by atoms with Gasteiger partial charge in [0.05, 0.1) is 10.8 Å². The Morgan fingerprint density at radius 1 is 1.06 bits per heavy atom. The molecule has 1 aromatic heterocycles. The lowest BCUT2D eigenvalue weighted by atomic mass is 10.2. The first-order chi connectivity index (χ1) is 17.2. The van der Waals surface area contributed by atoms with Crippen LogP contribution >= 0.6 is 35.1 Å². The highest BCUT2D eigenvalue weighted by molar-refractivity contribution is 8.19. The number of para-hydroxylation sites is 1. The third kappa shape index (κ3) is 6.04.